The van der Waals surface area contributed by atoms with Crippen molar-refractivity contribution >= 4 is 33.7 Å². The third kappa shape index (κ3) is 2.90. The third-order valence-electron chi connectivity index (χ3n) is 3.69. The van der Waals surface area contributed by atoms with Gasteiger partial charge in [0.05, 0.1) is 17.7 Å². The maximum absolute atomic E-state index is 12.5. The van der Waals surface area contributed by atoms with Gasteiger partial charge in [-0.1, -0.05) is 6.07 Å². The van der Waals surface area contributed by atoms with E-state index in [0.29, 0.717) is 16.3 Å². The first-order valence-electron chi connectivity index (χ1n) is 7.54. The van der Waals surface area contributed by atoms with Crippen molar-refractivity contribution in [1.29, 1.82) is 0 Å². The number of esters is 1. The molecule has 3 aromatic rings. The first-order valence-corrected chi connectivity index (χ1v) is 8.35. The van der Waals surface area contributed by atoms with Gasteiger partial charge in [-0.25, -0.2) is 9.31 Å². The quantitative estimate of drug-likeness (QED) is 0.737. The van der Waals surface area contributed by atoms with E-state index in [1.807, 2.05) is 32.0 Å². The molecule has 3 heterocycles. The molecule has 1 amide bonds. The maximum Gasteiger partial charge on any atom is 0.341 e. The van der Waals surface area contributed by atoms with Gasteiger partial charge in [-0.05, 0) is 44.5 Å². The van der Waals surface area contributed by atoms with Gasteiger partial charge >= 0.3 is 5.97 Å². The van der Waals surface area contributed by atoms with Crippen molar-refractivity contribution in [2.45, 2.75) is 20.8 Å². The number of amides is 1. The van der Waals surface area contributed by atoms with Crippen LogP contribution in [-0.4, -0.2) is 28.1 Å². The second-order valence-corrected chi connectivity index (χ2v) is 6.49. The molecule has 3 rings (SSSR count). The van der Waals surface area contributed by atoms with Gasteiger partial charge in [-0.3, -0.25) is 4.79 Å². The van der Waals surface area contributed by atoms with Crippen LogP contribution in [0.5, 0.6) is 0 Å². The smallest absolute Gasteiger partial charge is 0.341 e. The van der Waals surface area contributed by atoms with E-state index in [-0.39, 0.29) is 12.5 Å². The molecule has 0 aliphatic heterocycles. The number of aromatic nitrogens is 2. The Morgan fingerprint density at radius 2 is 2.12 bits per heavy atom. The first-order chi connectivity index (χ1) is 11.5. The highest BCUT2D eigenvalue weighted by atomic mass is 32.1. The number of ether oxygens (including phenoxy) is 1. The van der Waals surface area contributed by atoms with E-state index in [2.05, 4.69) is 10.4 Å². The molecule has 1 N–H and O–H groups in total. The normalized spacial score (nSPS) is 10.8. The molecule has 3 aromatic heterocycles. The van der Waals surface area contributed by atoms with Crippen molar-refractivity contribution in [3.8, 4) is 0 Å². The molecule has 0 aliphatic rings. The Balaban J connectivity index is 1.91. The number of pyridine rings is 1. The summed E-state index contributed by atoms with van der Waals surface area (Å²) in [6, 6.07) is 7.29. The summed E-state index contributed by atoms with van der Waals surface area (Å²) in [6.45, 7) is 5.79. The molecule has 0 bridgehead atoms. The van der Waals surface area contributed by atoms with E-state index in [4.69, 9.17) is 4.74 Å². The Bertz CT molecular complexity index is 893. The summed E-state index contributed by atoms with van der Waals surface area (Å²) in [5, 5.41) is 7.52. The lowest BCUT2D eigenvalue weighted by molar-refractivity contribution is 0.0527. The van der Waals surface area contributed by atoms with E-state index in [1.54, 1.807) is 23.7 Å². The SMILES string of the molecule is CCOC(=O)c1c(NC(=O)c2cc3ccccn3n2)sc(C)c1C. The van der Waals surface area contributed by atoms with E-state index in [0.717, 1.165) is 16.0 Å². The fraction of sp³-hybridized carbons (Fsp3) is 0.235. The van der Waals surface area contributed by atoms with E-state index >= 15 is 0 Å². The zero-order valence-electron chi connectivity index (χ0n) is 13.6. The Labute approximate surface area is 143 Å². The lowest BCUT2D eigenvalue weighted by Crippen LogP contribution is -2.15. The number of thiophene rings is 1. The zero-order valence-corrected chi connectivity index (χ0v) is 14.4. The highest BCUT2D eigenvalue weighted by molar-refractivity contribution is 7.16. The molecule has 24 heavy (non-hydrogen) atoms. The second kappa shape index (κ2) is 6.45. The number of anilines is 1. The van der Waals surface area contributed by atoms with Crippen LogP contribution in [0, 0.1) is 13.8 Å². The summed E-state index contributed by atoms with van der Waals surface area (Å²) in [6.07, 6.45) is 1.77. The predicted molar refractivity (Wildman–Crippen MR) is 92.9 cm³/mol. The molecular weight excluding hydrogens is 326 g/mol. The van der Waals surface area contributed by atoms with Gasteiger partial charge in [0.2, 0.25) is 0 Å². The minimum Gasteiger partial charge on any atom is -0.462 e. The van der Waals surface area contributed by atoms with Gasteiger partial charge in [0.25, 0.3) is 5.91 Å². The van der Waals surface area contributed by atoms with Crippen molar-refractivity contribution in [2.75, 3.05) is 11.9 Å². The van der Waals surface area contributed by atoms with Crippen molar-refractivity contribution in [3.63, 3.8) is 0 Å². The van der Waals surface area contributed by atoms with E-state index in [1.165, 1.54) is 11.3 Å². The van der Waals surface area contributed by atoms with Gasteiger partial charge in [0.1, 0.15) is 5.00 Å². The van der Waals surface area contributed by atoms with Crippen LogP contribution in [0.3, 0.4) is 0 Å². The molecule has 0 radical (unpaired) electrons. The molecule has 124 valence electrons. The molecule has 6 nitrogen and oxygen atoms in total. The van der Waals surface area contributed by atoms with Crippen LogP contribution in [-0.2, 0) is 4.74 Å². The molecule has 0 saturated carbocycles. The number of nitrogens with one attached hydrogen (secondary N) is 1. The minimum atomic E-state index is -0.426. The van der Waals surface area contributed by atoms with Gasteiger partial charge in [0, 0.05) is 11.1 Å². The lowest BCUT2D eigenvalue weighted by atomic mass is 10.1. The number of rotatable bonds is 4. The van der Waals surface area contributed by atoms with Gasteiger partial charge in [-0.2, -0.15) is 5.10 Å². The van der Waals surface area contributed by atoms with Crippen molar-refractivity contribution in [3.05, 3.63) is 52.2 Å². The van der Waals surface area contributed by atoms with E-state index in [9.17, 15) is 9.59 Å². The first kappa shape index (κ1) is 16.2. The molecule has 7 heteroatoms. The molecule has 0 saturated heterocycles. The number of carbonyl (C=O) groups excluding carboxylic acids is 2. The van der Waals surface area contributed by atoms with Crippen LogP contribution in [0.1, 0.15) is 38.2 Å². The zero-order chi connectivity index (χ0) is 17.3. The lowest BCUT2D eigenvalue weighted by Gasteiger charge is -2.06. The van der Waals surface area contributed by atoms with Crippen molar-refractivity contribution in [1.82, 2.24) is 9.61 Å². The standard InChI is InChI=1S/C17H17N3O3S/c1-4-23-17(22)14-10(2)11(3)24-16(14)18-15(21)13-9-12-7-5-6-8-20(12)19-13/h5-9H,4H2,1-3H3,(H,18,21). The number of carbonyl (C=O) groups is 2. The highest BCUT2D eigenvalue weighted by Gasteiger charge is 2.23. The largest absolute Gasteiger partial charge is 0.462 e. The second-order valence-electron chi connectivity index (χ2n) is 5.26. The van der Waals surface area contributed by atoms with Crippen molar-refractivity contribution in [2.24, 2.45) is 0 Å². The Hall–Kier alpha value is -2.67. The van der Waals surface area contributed by atoms with Crippen LogP contribution in [0.2, 0.25) is 0 Å². The van der Waals surface area contributed by atoms with Crippen molar-refractivity contribution < 1.29 is 14.3 Å². The molecule has 0 spiro atoms. The van der Waals surface area contributed by atoms with Gasteiger partial charge in [-0.15, -0.1) is 11.3 Å². The molecule has 0 aliphatic carbocycles. The third-order valence-corrected chi connectivity index (χ3v) is 4.82. The molecule has 0 aromatic carbocycles. The van der Waals surface area contributed by atoms with Crippen LogP contribution in [0.25, 0.3) is 5.52 Å². The minimum absolute atomic E-state index is 0.285. The summed E-state index contributed by atoms with van der Waals surface area (Å²) in [5.41, 5.74) is 2.35. The average Bonchev–Trinajstić information content (AvgIpc) is 3.09. The number of nitrogens with zero attached hydrogens (tertiary/aromatic N) is 2. The number of fused-ring (bicyclic) bond motifs is 1. The maximum atomic E-state index is 12.5. The summed E-state index contributed by atoms with van der Waals surface area (Å²) in [4.78, 5) is 25.6. The Morgan fingerprint density at radius 3 is 2.83 bits per heavy atom. The fourth-order valence-electron chi connectivity index (χ4n) is 2.38. The van der Waals surface area contributed by atoms with Gasteiger partial charge in [0.15, 0.2) is 5.69 Å². The van der Waals surface area contributed by atoms with Crippen LogP contribution in [0.15, 0.2) is 30.5 Å². The van der Waals surface area contributed by atoms with Crippen LogP contribution in [0.4, 0.5) is 5.00 Å². The summed E-state index contributed by atoms with van der Waals surface area (Å²) in [5.74, 6) is -0.782. The monoisotopic (exact) mass is 343 g/mol. The van der Waals surface area contributed by atoms with Gasteiger partial charge < -0.3 is 10.1 Å². The Kier molecular flexibility index (Phi) is 4.35. The summed E-state index contributed by atoms with van der Waals surface area (Å²) >= 11 is 1.36. The van der Waals surface area contributed by atoms with Crippen LogP contribution < -0.4 is 5.32 Å². The molecule has 0 unspecified atom stereocenters. The fourth-order valence-corrected chi connectivity index (χ4v) is 3.42. The Morgan fingerprint density at radius 1 is 1.33 bits per heavy atom. The highest BCUT2D eigenvalue weighted by Crippen LogP contribution is 2.33. The molecular formula is C17H17N3O3S. The predicted octanol–water partition coefficient (Wildman–Crippen LogP) is 3.44. The number of hydrogen-bond donors (Lipinski definition) is 1. The summed E-state index contributed by atoms with van der Waals surface area (Å²) in [7, 11) is 0. The number of aryl methyl sites for hydroxylation is 1. The van der Waals surface area contributed by atoms with E-state index < -0.39 is 5.97 Å². The molecule has 0 fully saturated rings. The average molecular weight is 343 g/mol. The number of hydrogen-bond acceptors (Lipinski definition) is 5. The van der Waals surface area contributed by atoms with Crippen LogP contribution >= 0.6 is 11.3 Å². The topological polar surface area (TPSA) is 72.7 Å². The summed E-state index contributed by atoms with van der Waals surface area (Å²) < 4.78 is 6.73. The molecule has 0 atom stereocenters.